The van der Waals surface area contributed by atoms with E-state index < -0.39 is 6.03 Å². The SMILES string of the molecule is C=CCN1C(=O)N/C(=C/c2cccn2-c2ccc(OC)cc2)C1=O. The molecule has 0 spiro atoms. The summed E-state index contributed by atoms with van der Waals surface area (Å²) >= 11 is 0. The first-order chi connectivity index (χ1) is 11.6. The van der Waals surface area contributed by atoms with Crippen LogP contribution >= 0.6 is 0 Å². The van der Waals surface area contributed by atoms with Gasteiger partial charge in [-0.25, -0.2) is 4.79 Å². The second kappa shape index (κ2) is 6.45. The number of aromatic nitrogens is 1. The molecule has 0 saturated carbocycles. The number of rotatable bonds is 5. The molecule has 0 aliphatic carbocycles. The molecule has 24 heavy (non-hydrogen) atoms. The Labute approximate surface area is 139 Å². The first-order valence-electron chi connectivity index (χ1n) is 7.41. The Morgan fingerprint density at radius 1 is 1.21 bits per heavy atom. The number of carbonyl (C=O) groups is 2. The van der Waals surface area contributed by atoms with Crippen LogP contribution in [0.3, 0.4) is 0 Å². The van der Waals surface area contributed by atoms with Gasteiger partial charge in [0.15, 0.2) is 0 Å². The van der Waals surface area contributed by atoms with E-state index in [2.05, 4.69) is 11.9 Å². The van der Waals surface area contributed by atoms with Crippen LogP contribution in [0, 0.1) is 0 Å². The first-order valence-corrected chi connectivity index (χ1v) is 7.41. The van der Waals surface area contributed by atoms with Gasteiger partial charge in [-0.05, 0) is 42.5 Å². The van der Waals surface area contributed by atoms with E-state index in [1.165, 1.54) is 6.08 Å². The van der Waals surface area contributed by atoms with Crippen LogP contribution in [0.2, 0.25) is 0 Å². The summed E-state index contributed by atoms with van der Waals surface area (Å²) in [5.74, 6) is 0.409. The van der Waals surface area contributed by atoms with Crippen molar-refractivity contribution in [2.45, 2.75) is 0 Å². The summed E-state index contributed by atoms with van der Waals surface area (Å²) in [6, 6.07) is 10.9. The highest BCUT2D eigenvalue weighted by Gasteiger charge is 2.32. The number of nitrogens with zero attached hydrogens (tertiary/aromatic N) is 2. The normalized spacial score (nSPS) is 15.7. The summed E-state index contributed by atoms with van der Waals surface area (Å²) < 4.78 is 7.08. The summed E-state index contributed by atoms with van der Waals surface area (Å²) in [5, 5.41) is 2.59. The van der Waals surface area contributed by atoms with Gasteiger partial charge >= 0.3 is 6.03 Å². The number of urea groups is 1. The average molecular weight is 323 g/mol. The van der Waals surface area contributed by atoms with Crippen LogP contribution in [0.1, 0.15) is 5.69 Å². The number of hydrogen-bond donors (Lipinski definition) is 1. The van der Waals surface area contributed by atoms with Crippen molar-refractivity contribution in [1.29, 1.82) is 0 Å². The lowest BCUT2D eigenvalue weighted by atomic mass is 10.2. The molecule has 1 N–H and O–H groups in total. The van der Waals surface area contributed by atoms with E-state index >= 15 is 0 Å². The summed E-state index contributed by atoms with van der Waals surface area (Å²) in [6.07, 6.45) is 5.06. The third kappa shape index (κ3) is 2.81. The largest absolute Gasteiger partial charge is 0.497 e. The van der Waals surface area contributed by atoms with E-state index in [0.29, 0.717) is 0 Å². The molecule has 122 valence electrons. The van der Waals surface area contributed by atoms with Crippen LogP contribution in [0.15, 0.2) is 60.9 Å². The van der Waals surface area contributed by atoms with Gasteiger partial charge < -0.3 is 14.6 Å². The van der Waals surface area contributed by atoms with Crippen molar-refractivity contribution >= 4 is 18.0 Å². The lowest BCUT2D eigenvalue weighted by molar-refractivity contribution is -0.122. The van der Waals surface area contributed by atoms with Crippen molar-refractivity contribution in [1.82, 2.24) is 14.8 Å². The molecule has 2 aromatic rings. The molecule has 2 heterocycles. The maximum absolute atomic E-state index is 12.3. The number of imide groups is 1. The maximum Gasteiger partial charge on any atom is 0.329 e. The van der Waals surface area contributed by atoms with Gasteiger partial charge in [0.1, 0.15) is 11.4 Å². The van der Waals surface area contributed by atoms with Gasteiger partial charge in [-0.1, -0.05) is 6.08 Å². The van der Waals surface area contributed by atoms with Gasteiger partial charge in [-0.2, -0.15) is 0 Å². The Balaban J connectivity index is 1.92. The van der Waals surface area contributed by atoms with E-state index in [0.717, 1.165) is 22.0 Å². The second-order valence-corrected chi connectivity index (χ2v) is 5.19. The maximum atomic E-state index is 12.3. The highest BCUT2D eigenvalue weighted by atomic mass is 16.5. The van der Waals surface area contributed by atoms with Crippen molar-refractivity contribution in [3.05, 3.63) is 66.6 Å². The molecule has 1 saturated heterocycles. The zero-order valence-corrected chi connectivity index (χ0v) is 13.2. The van der Waals surface area contributed by atoms with Crippen LogP contribution in [0.25, 0.3) is 11.8 Å². The number of nitrogens with one attached hydrogen (secondary N) is 1. The third-order valence-electron chi connectivity index (χ3n) is 3.70. The molecular weight excluding hydrogens is 306 g/mol. The fraction of sp³-hybridized carbons (Fsp3) is 0.111. The minimum absolute atomic E-state index is 0.182. The van der Waals surface area contributed by atoms with Gasteiger partial charge in [0, 0.05) is 24.1 Å². The quantitative estimate of drug-likeness (QED) is 0.522. The molecule has 6 nitrogen and oxygen atoms in total. The number of carbonyl (C=O) groups excluding carboxylic acids is 2. The minimum atomic E-state index is -0.436. The van der Waals surface area contributed by atoms with Gasteiger partial charge in [0.2, 0.25) is 0 Å². The van der Waals surface area contributed by atoms with E-state index in [9.17, 15) is 9.59 Å². The molecule has 1 aromatic heterocycles. The third-order valence-corrected chi connectivity index (χ3v) is 3.70. The standard InChI is InChI=1S/C18H17N3O3/c1-3-10-21-17(22)16(19-18(21)23)12-14-5-4-11-20(14)13-6-8-15(24-2)9-7-13/h3-9,11-12H,1,10H2,2H3,(H,19,23)/b16-12+. The van der Waals surface area contributed by atoms with E-state index in [-0.39, 0.29) is 18.1 Å². The van der Waals surface area contributed by atoms with Crippen molar-refractivity contribution < 1.29 is 14.3 Å². The molecule has 1 fully saturated rings. The fourth-order valence-electron chi connectivity index (χ4n) is 2.50. The van der Waals surface area contributed by atoms with Crippen LogP contribution in [-0.2, 0) is 4.79 Å². The molecule has 3 rings (SSSR count). The van der Waals surface area contributed by atoms with E-state index in [4.69, 9.17) is 4.74 Å². The number of benzene rings is 1. The van der Waals surface area contributed by atoms with Gasteiger partial charge in [-0.15, -0.1) is 6.58 Å². The van der Waals surface area contributed by atoms with E-state index in [1.54, 1.807) is 13.2 Å². The number of ether oxygens (including phenoxy) is 1. The molecular formula is C18H17N3O3. The zero-order chi connectivity index (χ0) is 17.1. The number of methoxy groups -OCH3 is 1. The van der Waals surface area contributed by atoms with Crippen molar-refractivity contribution in [2.24, 2.45) is 0 Å². The van der Waals surface area contributed by atoms with Gasteiger partial charge in [0.25, 0.3) is 5.91 Å². The van der Waals surface area contributed by atoms with Crippen LogP contribution in [-0.4, -0.2) is 35.1 Å². The van der Waals surface area contributed by atoms with Crippen LogP contribution in [0.5, 0.6) is 5.75 Å². The van der Waals surface area contributed by atoms with Crippen molar-refractivity contribution in [3.8, 4) is 11.4 Å². The molecule has 0 unspecified atom stereocenters. The van der Waals surface area contributed by atoms with Crippen molar-refractivity contribution in [3.63, 3.8) is 0 Å². The number of hydrogen-bond acceptors (Lipinski definition) is 3. The lowest BCUT2D eigenvalue weighted by Gasteiger charge is -2.08. The highest BCUT2D eigenvalue weighted by molar-refractivity contribution is 6.14. The lowest BCUT2D eigenvalue weighted by Crippen LogP contribution is -2.30. The number of amides is 3. The molecule has 0 radical (unpaired) electrons. The summed E-state index contributed by atoms with van der Waals surface area (Å²) in [5.41, 5.74) is 1.95. The van der Waals surface area contributed by atoms with Gasteiger partial charge in [-0.3, -0.25) is 9.69 Å². The summed E-state index contributed by atoms with van der Waals surface area (Å²) in [7, 11) is 1.61. The van der Waals surface area contributed by atoms with Gasteiger partial charge in [0.05, 0.1) is 7.11 Å². The summed E-state index contributed by atoms with van der Waals surface area (Å²) in [4.78, 5) is 25.2. The summed E-state index contributed by atoms with van der Waals surface area (Å²) in [6.45, 7) is 3.74. The topological polar surface area (TPSA) is 63.6 Å². The highest BCUT2D eigenvalue weighted by Crippen LogP contribution is 2.20. The monoisotopic (exact) mass is 323 g/mol. The predicted octanol–water partition coefficient (Wildman–Crippen LogP) is 2.56. The van der Waals surface area contributed by atoms with Crippen molar-refractivity contribution in [2.75, 3.05) is 13.7 Å². The molecule has 3 amide bonds. The predicted molar refractivity (Wildman–Crippen MR) is 90.7 cm³/mol. The Morgan fingerprint density at radius 3 is 2.62 bits per heavy atom. The molecule has 1 aromatic carbocycles. The fourth-order valence-corrected chi connectivity index (χ4v) is 2.50. The molecule has 1 aliphatic rings. The Morgan fingerprint density at radius 2 is 1.96 bits per heavy atom. The first kappa shape index (κ1) is 15.6. The van der Waals surface area contributed by atoms with E-state index in [1.807, 2.05) is 47.2 Å². The molecule has 0 atom stereocenters. The molecule has 1 aliphatic heterocycles. The molecule has 6 heteroatoms. The minimum Gasteiger partial charge on any atom is -0.497 e. The Hall–Kier alpha value is -3.28. The molecule has 0 bridgehead atoms. The Bertz CT molecular complexity index is 818. The second-order valence-electron chi connectivity index (χ2n) is 5.19. The average Bonchev–Trinajstić information content (AvgIpc) is 3.16. The Kier molecular flexibility index (Phi) is 4.20. The smallest absolute Gasteiger partial charge is 0.329 e. The van der Waals surface area contributed by atoms with Crippen LogP contribution in [0.4, 0.5) is 4.79 Å². The van der Waals surface area contributed by atoms with Crippen LogP contribution < -0.4 is 10.1 Å². The zero-order valence-electron chi connectivity index (χ0n) is 13.2.